The van der Waals surface area contributed by atoms with Crippen molar-refractivity contribution < 1.29 is 9.59 Å². The number of hydrogen-bond acceptors (Lipinski definition) is 2. The summed E-state index contributed by atoms with van der Waals surface area (Å²) in [5, 5.41) is 0. The fourth-order valence-corrected chi connectivity index (χ4v) is 1.00. The Balaban J connectivity index is 0. The number of hydrogen-bond donors (Lipinski definition) is 0. The van der Waals surface area contributed by atoms with E-state index >= 15 is 0 Å². The molecule has 0 N–H and O–H groups in total. The average molecular weight is 200 g/mol. The van der Waals surface area contributed by atoms with E-state index < -0.39 is 0 Å². The van der Waals surface area contributed by atoms with Crippen LogP contribution in [0.5, 0.6) is 0 Å². The van der Waals surface area contributed by atoms with Gasteiger partial charge in [-0.05, 0) is 12.8 Å². The van der Waals surface area contributed by atoms with Crippen LogP contribution >= 0.6 is 0 Å². The molecule has 0 aliphatic rings. The monoisotopic (exact) mass is 200 g/mol. The van der Waals surface area contributed by atoms with Crippen molar-refractivity contribution in [2.24, 2.45) is 5.92 Å². The van der Waals surface area contributed by atoms with Crippen molar-refractivity contribution in [3.05, 3.63) is 0 Å². The van der Waals surface area contributed by atoms with Crippen molar-refractivity contribution in [2.75, 3.05) is 0 Å². The van der Waals surface area contributed by atoms with Gasteiger partial charge in [0.05, 0.1) is 0 Å². The maximum absolute atomic E-state index is 9.89. The minimum Gasteiger partial charge on any atom is -0.303 e. The first-order chi connectivity index (χ1) is 6.72. The number of unbranched alkanes of at least 4 members (excludes halogenated alkanes) is 3. The van der Waals surface area contributed by atoms with Crippen LogP contribution < -0.4 is 0 Å². The molecular formula is C12H24O2. The molecule has 1 unspecified atom stereocenters. The number of carbonyl (C=O) groups is 2. The highest BCUT2D eigenvalue weighted by Gasteiger charge is 1.93. The summed E-state index contributed by atoms with van der Waals surface area (Å²) >= 11 is 0. The van der Waals surface area contributed by atoms with Gasteiger partial charge in [-0.15, -0.1) is 0 Å². The molecule has 0 aliphatic carbocycles. The maximum Gasteiger partial charge on any atom is 0.122 e. The van der Waals surface area contributed by atoms with Gasteiger partial charge < -0.3 is 9.59 Å². The van der Waals surface area contributed by atoms with Crippen LogP contribution in [-0.2, 0) is 9.59 Å². The van der Waals surface area contributed by atoms with Gasteiger partial charge in [0.25, 0.3) is 0 Å². The van der Waals surface area contributed by atoms with Crippen LogP contribution in [0.4, 0.5) is 0 Å². The second-order valence-corrected chi connectivity index (χ2v) is 3.56. The lowest BCUT2D eigenvalue weighted by Gasteiger charge is -1.94. The SMILES string of the molecule is CCCC(C)C=O.CCCCCC=O. The standard InChI is InChI=1S/2C6H12O/c1-3-4-6(2)5-7;1-2-3-4-5-6-7/h5-6H,3-4H2,1-2H3;6H,2-5H2,1H3. The highest BCUT2D eigenvalue weighted by molar-refractivity contribution is 5.52. The first-order valence-electron chi connectivity index (χ1n) is 5.61. The minimum atomic E-state index is 0.269. The van der Waals surface area contributed by atoms with Crippen LogP contribution in [0.15, 0.2) is 0 Å². The van der Waals surface area contributed by atoms with Crippen molar-refractivity contribution in [3.63, 3.8) is 0 Å². The molecular weight excluding hydrogens is 176 g/mol. The largest absolute Gasteiger partial charge is 0.303 e. The van der Waals surface area contributed by atoms with Crippen LogP contribution in [0.1, 0.15) is 59.3 Å². The Hall–Kier alpha value is -0.660. The predicted octanol–water partition coefficient (Wildman–Crippen LogP) is 3.39. The Bertz CT molecular complexity index is 121. The second-order valence-electron chi connectivity index (χ2n) is 3.56. The van der Waals surface area contributed by atoms with E-state index in [0.29, 0.717) is 0 Å². The van der Waals surface area contributed by atoms with Gasteiger partial charge in [-0.1, -0.05) is 40.0 Å². The molecule has 0 fully saturated rings. The first-order valence-corrected chi connectivity index (χ1v) is 5.61. The Morgan fingerprint density at radius 1 is 1.07 bits per heavy atom. The first kappa shape index (κ1) is 15.8. The molecule has 0 aromatic rings. The molecule has 0 aliphatic heterocycles. The summed E-state index contributed by atoms with van der Waals surface area (Å²) in [6.45, 7) is 6.15. The minimum absolute atomic E-state index is 0.269. The smallest absolute Gasteiger partial charge is 0.122 e. The molecule has 1 atom stereocenters. The molecule has 0 radical (unpaired) electrons. The van der Waals surface area contributed by atoms with Crippen LogP contribution in [0, 0.1) is 5.92 Å². The van der Waals surface area contributed by atoms with Crippen LogP contribution in [-0.4, -0.2) is 12.6 Å². The van der Waals surface area contributed by atoms with E-state index in [9.17, 15) is 9.59 Å². The average Bonchev–Trinajstić information content (AvgIpc) is 2.20. The lowest BCUT2D eigenvalue weighted by atomic mass is 10.1. The highest BCUT2D eigenvalue weighted by Crippen LogP contribution is 1.98. The van der Waals surface area contributed by atoms with Gasteiger partial charge in [0.15, 0.2) is 0 Å². The summed E-state index contributed by atoms with van der Waals surface area (Å²) in [5.74, 6) is 0.269. The van der Waals surface area contributed by atoms with Crippen LogP contribution in [0.2, 0.25) is 0 Å². The summed E-state index contributed by atoms with van der Waals surface area (Å²) in [7, 11) is 0. The van der Waals surface area contributed by atoms with Gasteiger partial charge in [0, 0.05) is 12.3 Å². The summed E-state index contributed by atoms with van der Waals surface area (Å²) < 4.78 is 0. The number of carbonyl (C=O) groups excluding carboxylic acids is 2. The molecule has 0 heterocycles. The van der Waals surface area contributed by atoms with Crippen molar-refractivity contribution in [1.82, 2.24) is 0 Å². The molecule has 0 bridgehead atoms. The highest BCUT2D eigenvalue weighted by atomic mass is 16.1. The van der Waals surface area contributed by atoms with Crippen molar-refractivity contribution in [3.8, 4) is 0 Å². The van der Waals surface area contributed by atoms with Crippen molar-refractivity contribution >= 4 is 12.6 Å². The van der Waals surface area contributed by atoms with E-state index in [0.717, 1.165) is 38.3 Å². The summed E-state index contributed by atoms with van der Waals surface area (Å²) in [5.41, 5.74) is 0. The quantitative estimate of drug-likeness (QED) is 0.466. The molecule has 0 aromatic carbocycles. The number of rotatable bonds is 7. The molecule has 0 aromatic heterocycles. The molecule has 0 amide bonds. The van der Waals surface area contributed by atoms with Gasteiger partial charge >= 0.3 is 0 Å². The Morgan fingerprint density at radius 2 is 1.71 bits per heavy atom. The normalized spacial score (nSPS) is 11.1. The predicted molar refractivity (Wildman–Crippen MR) is 60.3 cm³/mol. The van der Waals surface area contributed by atoms with Crippen LogP contribution in [0.25, 0.3) is 0 Å². The Morgan fingerprint density at radius 3 is 2.00 bits per heavy atom. The van der Waals surface area contributed by atoms with Gasteiger partial charge in [-0.25, -0.2) is 0 Å². The zero-order valence-electron chi connectivity index (χ0n) is 9.79. The van der Waals surface area contributed by atoms with E-state index in [1.54, 1.807) is 0 Å². The third-order valence-electron chi connectivity index (χ3n) is 1.90. The van der Waals surface area contributed by atoms with Crippen molar-refractivity contribution in [1.29, 1.82) is 0 Å². The summed E-state index contributed by atoms with van der Waals surface area (Å²) in [6.07, 6.45) is 8.34. The third kappa shape index (κ3) is 17.4. The van der Waals surface area contributed by atoms with Gasteiger partial charge in [0.2, 0.25) is 0 Å². The molecule has 14 heavy (non-hydrogen) atoms. The van der Waals surface area contributed by atoms with Crippen LogP contribution in [0.3, 0.4) is 0 Å². The van der Waals surface area contributed by atoms with E-state index in [4.69, 9.17) is 0 Å². The van der Waals surface area contributed by atoms with Crippen molar-refractivity contribution in [2.45, 2.75) is 59.3 Å². The zero-order chi connectivity index (χ0) is 11.2. The van der Waals surface area contributed by atoms with Gasteiger partial charge in [0.1, 0.15) is 12.6 Å². The zero-order valence-corrected chi connectivity index (χ0v) is 9.79. The molecule has 0 rings (SSSR count). The topological polar surface area (TPSA) is 34.1 Å². The van der Waals surface area contributed by atoms with Gasteiger partial charge in [-0.2, -0.15) is 0 Å². The van der Waals surface area contributed by atoms with Gasteiger partial charge in [-0.3, -0.25) is 0 Å². The molecule has 2 heteroatoms. The van der Waals surface area contributed by atoms with E-state index in [1.807, 2.05) is 6.92 Å². The fraction of sp³-hybridized carbons (Fsp3) is 0.833. The number of aldehydes is 2. The van der Waals surface area contributed by atoms with E-state index in [-0.39, 0.29) is 5.92 Å². The molecule has 0 spiro atoms. The lowest BCUT2D eigenvalue weighted by molar-refractivity contribution is -0.111. The van der Waals surface area contributed by atoms with E-state index in [1.165, 1.54) is 12.8 Å². The Kier molecular flexibility index (Phi) is 16.7. The molecule has 0 saturated carbocycles. The Labute approximate surface area is 88.1 Å². The molecule has 2 nitrogen and oxygen atoms in total. The fourth-order valence-electron chi connectivity index (χ4n) is 1.00. The maximum atomic E-state index is 9.89. The third-order valence-corrected chi connectivity index (χ3v) is 1.90. The molecule has 84 valence electrons. The summed E-state index contributed by atoms with van der Waals surface area (Å²) in [6, 6.07) is 0. The molecule has 0 saturated heterocycles. The summed E-state index contributed by atoms with van der Waals surface area (Å²) in [4.78, 5) is 19.6. The van der Waals surface area contributed by atoms with E-state index in [2.05, 4.69) is 13.8 Å². The lowest BCUT2D eigenvalue weighted by Crippen LogP contribution is -1.92. The second kappa shape index (κ2) is 14.8.